The summed E-state index contributed by atoms with van der Waals surface area (Å²) in [5.41, 5.74) is 7.29. The summed E-state index contributed by atoms with van der Waals surface area (Å²) in [7, 11) is 0. The van der Waals surface area contributed by atoms with Gasteiger partial charge < -0.3 is 5.73 Å². The van der Waals surface area contributed by atoms with Gasteiger partial charge >= 0.3 is 6.18 Å². The van der Waals surface area contributed by atoms with Crippen LogP contribution in [-0.2, 0) is 6.18 Å². The van der Waals surface area contributed by atoms with Crippen molar-refractivity contribution in [1.82, 2.24) is 0 Å². The van der Waals surface area contributed by atoms with E-state index in [1.54, 1.807) is 24.3 Å². The summed E-state index contributed by atoms with van der Waals surface area (Å²) < 4.78 is 38.1. The highest BCUT2D eigenvalue weighted by Crippen LogP contribution is 2.32. The van der Waals surface area contributed by atoms with Crippen molar-refractivity contribution in [3.8, 4) is 0 Å². The van der Waals surface area contributed by atoms with Crippen molar-refractivity contribution in [3.63, 3.8) is 0 Å². The average molecular weight is 300 g/mol. The molecule has 0 spiro atoms. The zero-order valence-electron chi connectivity index (χ0n) is 10.7. The Morgan fingerprint density at radius 3 is 2.30 bits per heavy atom. The fourth-order valence-electron chi connectivity index (χ4n) is 1.90. The molecule has 0 aliphatic heterocycles. The summed E-state index contributed by atoms with van der Waals surface area (Å²) in [5, 5.41) is 0.546. The first-order chi connectivity index (χ1) is 9.29. The van der Waals surface area contributed by atoms with Crippen LogP contribution in [0, 0.1) is 6.92 Å². The molecular formula is C15H13ClF3N. The predicted molar refractivity (Wildman–Crippen MR) is 73.7 cm³/mol. The van der Waals surface area contributed by atoms with E-state index in [0.29, 0.717) is 16.1 Å². The van der Waals surface area contributed by atoms with Crippen LogP contribution in [-0.4, -0.2) is 0 Å². The van der Waals surface area contributed by atoms with Crippen LogP contribution in [0.5, 0.6) is 0 Å². The Morgan fingerprint density at radius 2 is 1.70 bits per heavy atom. The number of benzene rings is 2. The highest BCUT2D eigenvalue weighted by atomic mass is 35.5. The highest BCUT2D eigenvalue weighted by Gasteiger charge is 2.30. The Hall–Kier alpha value is -1.52. The zero-order chi connectivity index (χ0) is 14.9. The maximum atomic E-state index is 12.7. The number of hydrogen-bond acceptors (Lipinski definition) is 1. The minimum absolute atomic E-state index is 0.403. The van der Waals surface area contributed by atoms with E-state index in [1.807, 2.05) is 6.92 Å². The first-order valence-corrected chi connectivity index (χ1v) is 6.35. The van der Waals surface area contributed by atoms with E-state index >= 15 is 0 Å². The van der Waals surface area contributed by atoms with Gasteiger partial charge in [-0.2, -0.15) is 13.2 Å². The topological polar surface area (TPSA) is 26.0 Å². The SMILES string of the molecule is Cc1ccc(C(N)c2cccc(C(F)(F)F)c2)cc1Cl. The number of aryl methyl sites for hydroxylation is 1. The zero-order valence-corrected chi connectivity index (χ0v) is 11.5. The van der Waals surface area contributed by atoms with Crippen LogP contribution < -0.4 is 5.73 Å². The van der Waals surface area contributed by atoms with E-state index in [1.165, 1.54) is 6.07 Å². The molecule has 0 aliphatic carbocycles. The summed E-state index contributed by atoms with van der Waals surface area (Å²) in [6.45, 7) is 1.85. The molecule has 20 heavy (non-hydrogen) atoms. The van der Waals surface area contributed by atoms with Crippen molar-refractivity contribution in [3.05, 3.63) is 69.7 Å². The standard InChI is InChI=1S/C15H13ClF3N/c1-9-5-6-11(8-13(9)16)14(20)10-3-2-4-12(7-10)15(17,18)19/h2-8,14H,20H2,1H3. The summed E-state index contributed by atoms with van der Waals surface area (Å²) in [6.07, 6.45) is -4.37. The first kappa shape index (κ1) is 14.9. The molecule has 0 fully saturated rings. The van der Waals surface area contributed by atoms with Crippen LogP contribution in [0.1, 0.15) is 28.3 Å². The molecule has 2 N–H and O–H groups in total. The Balaban J connectivity index is 2.38. The van der Waals surface area contributed by atoms with Crippen LogP contribution in [0.4, 0.5) is 13.2 Å². The van der Waals surface area contributed by atoms with E-state index in [2.05, 4.69) is 0 Å². The molecule has 0 saturated carbocycles. The van der Waals surface area contributed by atoms with Gasteiger partial charge in [0, 0.05) is 5.02 Å². The summed E-state index contributed by atoms with van der Waals surface area (Å²) in [5.74, 6) is 0. The van der Waals surface area contributed by atoms with Crippen molar-refractivity contribution in [2.45, 2.75) is 19.1 Å². The maximum absolute atomic E-state index is 12.7. The number of hydrogen-bond donors (Lipinski definition) is 1. The predicted octanol–water partition coefficient (Wildman–Crippen LogP) is 4.72. The molecule has 0 amide bonds. The van der Waals surface area contributed by atoms with Gasteiger partial charge in [-0.25, -0.2) is 0 Å². The Morgan fingerprint density at radius 1 is 1.05 bits per heavy atom. The number of halogens is 4. The molecule has 1 nitrogen and oxygen atoms in total. The second kappa shape index (κ2) is 5.46. The molecule has 0 bridgehead atoms. The largest absolute Gasteiger partial charge is 0.416 e. The summed E-state index contributed by atoms with van der Waals surface area (Å²) in [6, 6.07) is 9.63. The summed E-state index contributed by atoms with van der Waals surface area (Å²) in [4.78, 5) is 0. The normalized spacial score (nSPS) is 13.3. The van der Waals surface area contributed by atoms with Gasteiger partial charge in [0.05, 0.1) is 11.6 Å². The Labute approximate surface area is 120 Å². The molecule has 0 heterocycles. The Kier molecular flexibility index (Phi) is 4.06. The third kappa shape index (κ3) is 3.14. The number of nitrogens with two attached hydrogens (primary N) is 1. The second-order valence-electron chi connectivity index (χ2n) is 4.61. The lowest BCUT2D eigenvalue weighted by Gasteiger charge is -2.15. The fourth-order valence-corrected chi connectivity index (χ4v) is 2.09. The van der Waals surface area contributed by atoms with Crippen molar-refractivity contribution < 1.29 is 13.2 Å². The van der Waals surface area contributed by atoms with Gasteiger partial charge in [-0.15, -0.1) is 0 Å². The van der Waals surface area contributed by atoms with E-state index in [4.69, 9.17) is 17.3 Å². The number of alkyl halides is 3. The lowest BCUT2D eigenvalue weighted by atomic mass is 9.97. The van der Waals surface area contributed by atoms with Crippen molar-refractivity contribution >= 4 is 11.6 Å². The van der Waals surface area contributed by atoms with Gasteiger partial charge in [0.2, 0.25) is 0 Å². The molecule has 0 radical (unpaired) electrons. The van der Waals surface area contributed by atoms with Crippen LogP contribution >= 0.6 is 11.6 Å². The molecule has 106 valence electrons. The van der Waals surface area contributed by atoms with Crippen molar-refractivity contribution in [2.24, 2.45) is 5.73 Å². The average Bonchev–Trinajstić information content (AvgIpc) is 2.40. The molecule has 1 atom stereocenters. The monoisotopic (exact) mass is 299 g/mol. The molecule has 1 unspecified atom stereocenters. The molecule has 2 rings (SSSR count). The lowest BCUT2D eigenvalue weighted by molar-refractivity contribution is -0.137. The van der Waals surface area contributed by atoms with Gasteiger partial charge in [0.1, 0.15) is 0 Å². The fraction of sp³-hybridized carbons (Fsp3) is 0.200. The smallest absolute Gasteiger partial charge is 0.320 e. The van der Waals surface area contributed by atoms with Crippen LogP contribution in [0.15, 0.2) is 42.5 Å². The molecule has 0 saturated heterocycles. The van der Waals surface area contributed by atoms with Crippen molar-refractivity contribution in [2.75, 3.05) is 0 Å². The van der Waals surface area contributed by atoms with Gasteiger partial charge in [-0.3, -0.25) is 0 Å². The first-order valence-electron chi connectivity index (χ1n) is 5.98. The molecule has 2 aromatic rings. The lowest BCUT2D eigenvalue weighted by Crippen LogP contribution is -2.13. The van der Waals surface area contributed by atoms with E-state index in [9.17, 15) is 13.2 Å². The highest BCUT2D eigenvalue weighted by molar-refractivity contribution is 6.31. The molecular weight excluding hydrogens is 287 g/mol. The Bertz CT molecular complexity index is 623. The minimum Gasteiger partial charge on any atom is -0.320 e. The van der Waals surface area contributed by atoms with E-state index < -0.39 is 17.8 Å². The summed E-state index contributed by atoms with van der Waals surface area (Å²) >= 11 is 6.01. The number of rotatable bonds is 2. The van der Waals surface area contributed by atoms with E-state index in [0.717, 1.165) is 17.7 Å². The third-order valence-electron chi connectivity index (χ3n) is 3.13. The van der Waals surface area contributed by atoms with E-state index in [-0.39, 0.29) is 0 Å². The van der Waals surface area contributed by atoms with Gasteiger partial charge in [0.25, 0.3) is 0 Å². The van der Waals surface area contributed by atoms with Crippen LogP contribution in [0.3, 0.4) is 0 Å². The second-order valence-corrected chi connectivity index (χ2v) is 5.02. The maximum Gasteiger partial charge on any atom is 0.416 e. The minimum atomic E-state index is -4.37. The molecule has 2 aromatic carbocycles. The van der Waals surface area contributed by atoms with Gasteiger partial charge in [0.15, 0.2) is 0 Å². The molecule has 5 heteroatoms. The molecule has 0 aromatic heterocycles. The van der Waals surface area contributed by atoms with Gasteiger partial charge in [-0.1, -0.05) is 35.9 Å². The van der Waals surface area contributed by atoms with Crippen LogP contribution in [0.2, 0.25) is 5.02 Å². The van der Waals surface area contributed by atoms with Crippen molar-refractivity contribution in [1.29, 1.82) is 0 Å². The van der Waals surface area contributed by atoms with Gasteiger partial charge in [-0.05, 0) is 41.8 Å². The third-order valence-corrected chi connectivity index (χ3v) is 3.54. The quantitative estimate of drug-likeness (QED) is 0.853. The van der Waals surface area contributed by atoms with Crippen LogP contribution in [0.25, 0.3) is 0 Å². The molecule has 0 aliphatic rings.